The van der Waals surface area contributed by atoms with E-state index in [0.717, 1.165) is 40.4 Å². The van der Waals surface area contributed by atoms with Crippen LogP contribution in [-0.4, -0.2) is 14.8 Å². The second-order valence-corrected chi connectivity index (χ2v) is 7.38. The van der Waals surface area contributed by atoms with E-state index in [2.05, 4.69) is 10.2 Å². The molecule has 1 aliphatic rings. The van der Waals surface area contributed by atoms with Crippen LogP contribution in [0, 0.1) is 11.6 Å². The smallest absolute Gasteiger partial charge is 0.142 e. The molecule has 0 saturated carbocycles. The van der Waals surface area contributed by atoms with Gasteiger partial charge in [-0.05, 0) is 47.4 Å². The molecule has 0 amide bonds. The molecule has 1 aromatic heterocycles. The first-order chi connectivity index (χ1) is 14.2. The highest BCUT2D eigenvalue weighted by Crippen LogP contribution is 2.37. The normalized spacial score (nSPS) is 15.4. The molecule has 0 aliphatic carbocycles. The molecule has 1 aliphatic heterocycles. The lowest BCUT2D eigenvalue weighted by atomic mass is 9.87. The molecule has 0 bridgehead atoms. The molecule has 0 saturated heterocycles. The van der Waals surface area contributed by atoms with Crippen molar-refractivity contribution in [3.8, 4) is 5.69 Å². The van der Waals surface area contributed by atoms with Gasteiger partial charge in [0.1, 0.15) is 23.3 Å². The quantitative estimate of drug-likeness (QED) is 0.483. The molecule has 5 heteroatoms. The Kier molecular flexibility index (Phi) is 4.43. The number of aryl methyl sites for hydroxylation is 1. The fraction of sp³-hybridized carbons (Fsp3) is 0.167. The van der Waals surface area contributed by atoms with Crippen LogP contribution in [0.2, 0.25) is 0 Å². The number of aromatic nitrogens is 3. The monoisotopic (exact) mass is 387 g/mol. The lowest BCUT2D eigenvalue weighted by Gasteiger charge is -2.19. The summed E-state index contributed by atoms with van der Waals surface area (Å²) in [5.41, 5.74) is 3.91. The van der Waals surface area contributed by atoms with Crippen LogP contribution in [0.15, 0.2) is 72.8 Å². The summed E-state index contributed by atoms with van der Waals surface area (Å²) in [4.78, 5) is 0. The van der Waals surface area contributed by atoms with Gasteiger partial charge in [-0.1, -0.05) is 48.5 Å². The summed E-state index contributed by atoms with van der Waals surface area (Å²) in [5, 5.41) is 8.83. The van der Waals surface area contributed by atoms with Crippen LogP contribution in [0.5, 0.6) is 0 Å². The van der Waals surface area contributed by atoms with Crippen LogP contribution >= 0.6 is 0 Å². The van der Waals surface area contributed by atoms with Crippen molar-refractivity contribution in [1.82, 2.24) is 14.8 Å². The molecule has 29 heavy (non-hydrogen) atoms. The van der Waals surface area contributed by atoms with E-state index in [1.807, 2.05) is 53.1 Å². The van der Waals surface area contributed by atoms with E-state index < -0.39 is 0 Å². The number of hydrogen-bond acceptors (Lipinski definition) is 2. The highest BCUT2D eigenvalue weighted by atomic mass is 19.1. The van der Waals surface area contributed by atoms with Crippen molar-refractivity contribution in [2.24, 2.45) is 0 Å². The van der Waals surface area contributed by atoms with Crippen molar-refractivity contribution < 1.29 is 8.78 Å². The number of rotatable bonds is 3. The van der Waals surface area contributed by atoms with Crippen molar-refractivity contribution in [1.29, 1.82) is 0 Å². The van der Waals surface area contributed by atoms with Crippen LogP contribution in [0.25, 0.3) is 5.69 Å². The minimum atomic E-state index is -0.297. The largest absolute Gasteiger partial charge is 0.282 e. The first-order valence-electron chi connectivity index (χ1n) is 9.71. The Morgan fingerprint density at radius 2 is 1.62 bits per heavy atom. The standard InChI is InChI=1S/C24H19F2N3/c25-18-8-6-17(7-9-18)20-12-13-23-27-28-24(14-16-4-2-1-3-5-16)29(23)22-15-19(26)10-11-21(20)22/h1-11,15,20H,12-14H2/t20-/m1/s1. The van der Waals surface area contributed by atoms with Gasteiger partial charge in [0.15, 0.2) is 0 Å². The van der Waals surface area contributed by atoms with E-state index in [0.29, 0.717) is 12.8 Å². The molecule has 3 nitrogen and oxygen atoms in total. The van der Waals surface area contributed by atoms with Gasteiger partial charge in [0.05, 0.1) is 5.69 Å². The van der Waals surface area contributed by atoms with Gasteiger partial charge >= 0.3 is 0 Å². The number of fused-ring (bicyclic) bond motifs is 3. The zero-order valence-corrected chi connectivity index (χ0v) is 15.7. The van der Waals surface area contributed by atoms with Crippen LogP contribution in [0.1, 0.15) is 40.7 Å². The minimum absolute atomic E-state index is 0.0393. The molecular weight excluding hydrogens is 368 g/mol. The SMILES string of the molecule is Fc1ccc([C@H]2CCc3nnc(Cc4ccccc4)n3-c3cc(F)ccc32)cc1. The second-order valence-electron chi connectivity index (χ2n) is 7.38. The molecule has 0 radical (unpaired) electrons. The van der Waals surface area contributed by atoms with Crippen molar-refractivity contribution in [2.45, 2.75) is 25.2 Å². The Labute approximate surface area is 167 Å². The van der Waals surface area contributed by atoms with Crippen molar-refractivity contribution >= 4 is 0 Å². The molecule has 0 spiro atoms. The first kappa shape index (κ1) is 17.7. The summed E-state index contributed by atoms with van der Waals surface area (Å²) in [6.45, 7) is 0. The summed E-state index contributed by atoms with van der Waals surface area (Å²) in [6, 6.07) is 21.5. The summed E-state index contributed by atoms with van der Waals surface area (Å²) < 4.78 is 29.7. The maximum atomic E-state index is 14.3. The van der Waals surface area contributed by atoms with E-state index in [4.69, 9.17) is 0 Å². The highest BCUT2D eigenvalue weighted by molar-refractivity contribution is 5.50. The topological polar surface area (TPSA) is 30.7 Å². The van der Waals surface area contributed by atoms with Crippen LogP contribution in [0.4, 0.5) is 8.78 Å². The zero-order valence-electron chi connectivity index (χ0n) is 15.7. The predicted molar refractivity (Wildman–Crippen MR) is 107 cm³/mol. The summed E-state index contributed by atoms with van der Waals surface area (Å²) in [5.74, 6) is 1.10. The van der Waals surface area contributed by atoms with Crippen molar-refractivity contribution in [3.05, 3.63) is 113 Å². The molecule has 0 unspecified atom stereocenters. The average molecular weight is 387 g/mol. The minimum Gasteiger partial charge on any atom is -0.282 e. The van der Waals surface area contributed by atoms with Crippen molar-refractivity contribution in [2.75, 3.05) is 0 Å². The van der Waals surface area contributed by atoms with Gasteiger partial charge in [-0.15, -0.1) is 10.2 Å². The Balaban J connectivity index is 1.64. The average Bonchev–Trinajstić information content (AvgIpc) is 3.05. The van der Waals surface area contributed by atoms with Gasteiger partial charge in [-0.25, -0.2) is 8.78 Å². The molecule has 144 valence electrons. The summed E-state index contributed by atoms with van der Waals surface area (Å²) in [6.07, 6.45) is 2.12. The molecule has 0 fully saturated rings. The maximum Gasteiger partial charge on any atom is 0.142 e. The third-order valence-corrected chi connectivity index (χ3v) is 5.54. The van der Waals surface area contributed by atoms with Crippen LogP contribution in [0.3, 0.4) is 0 Å². The number of nitrogens with zero attached hydrogens (tertiary/aromatic N) is 3. The van der Waals surface area contributed by atoms with Gasteiger partial charge in [-0.3, -0.25) is 4.57 Å². The Morgan fingerprint density at radius 1 is 0.862 bits per heavy atom. The second kappa shape index (κ2) is 7.24. The van der Waals surface area contributed by atoms with Crippen LogP contribution in [-0.2, 0) is 12.8 Å². The third kappa shape index (κ3) is 3.33. The van der Waals surface area contributed by atoms with E-state index >= 15 is 0 Å². The van der Waals surface area contributed by atoms with Gasteiger partial charge in [-0.2, -0.15) is 0 Å². The Hall–Kier alpha value is -3.34. The Morgan fingerprint density at radius 3 is 2.41 bits per heavy atom. The van der Waals surface area contributed by atoms with Gasteiger partial charge in [0.25, 0.3) is 0 Å². The molecule has 5 rings (SSSR count). The lowest BCUT2D eigenvalue weighted by Crippen LogP contribution is -2.08. The molecule has 4 aromatic rings. The third-order valence-electron chi connectivity index (χ3n) is 5.54. The predicted octanol–water partition coefficient (Wildman–Crippen LogP) is 5.21. The van der Waals surface area contributed by atoms with Gasteiger partial charge in [0.2, 0.25) is 0 Å². The first-order valence-corrected chi connectivity index (χ1v) is 9.71. The Bertz CT molecular complexity index is 1150. The maximum absolute atomic E-state index is 14.3. The molecule has 1 atom stereocenters. The number of benzene rings is 3. The fourth-order valence-electron chi connectivity index (χ4n) is 4.16. The molecule has 3 aromatic carbocycles. The highest BCUT2D eigenvalue weighted by Gasteiger charge is 2.27. The lowest BCUT2D eigenvalue weighted by molar-refractivity contribution is 0.623. The van der Waals surface area contributed by atoms with Crippen molar-refractivity contribution in [3.63, 3.8) is 0 Å². The summed E-state index contributed by atoms with van der Waals surface area (Å²) >= 11 is 0. The van der Waals surface area contributed by atoms with E-state index in [1.165, 1.54) is 18.2 Å². The van der Waals surface area contributed by atoms with Gasteiger partial charge in [0, 0.05) is 18.8 Å². The number of hydrogen-bond donors (Lipinski definition) is 0. The fourth-order valence-corrected chi connectivity index (χ4v) is 4.16. The molecular formula is C24H19F2N3. The number of halogens is 2. The van der Waals surface area contributed by atoms with Gasteiger partial charge < -0.3 is 0 Å². The molecule has 0 N–H and O–H groups in total. The van der Waals surface area contributed by atoms with E-state index in [-0.39, 0.29) is 17.6 Å². The van der Waals surface area contributed by atoms with Crippen LogP contribution < -0.4 is 0 Å². The zero-order chi connectivity index (χ0) is 19.8. The molecule has 2 heterocycles. The van der Waals surface area contributed by atoms with E-state index in [1.54, 1.807) is 6.07 Å². The summed E-state index contributed by atoms with van der Waals surface area (Å²) in [7, 11) is 0. The van der Waals surface area contributed by atoms with E-state index in [9.17, 15) is 8.78 Å².